The van der Waals surface area contributed by atoms with E-state index < -0.39 is 5.97 Å². The Labute approximate surface area is 71.5 Å². The van der Waals surface area contributed by atoms with E-state index in [0.29, 0.717) is 6.61 Å². The van der Waals surface area contributed by atoms with Crippen molar-refractivity contribution in [1.29, 1.82) is 0 Å². The summed E-state index contributed by atoms with van der Waals surface area (Å²) < 4.78 is 10.3. The van der Waals surface area contributed by atoms with Crippen molar-refractivity contribution in [2.24, 2.45) is 0 Å². The highest BCUT2D eigenvalue weighted by Crippen LogP contribution is 2.12. The van der Waals surface area contributed by atoms with Gasteiger partial charge in [-0.25, -0.2) is 4.79 Å². The summed E-state index contributed by atoms with van der Waals surface area (Å²) in [5.41, 5.74) is 0. The van der Waals surface area contributed by atoms with E-state index in [0.717, 1.165) is 25.9 Å². The van der Waals surface area contributed by atoms with Gasteiger partial charge in [0.25, 0.3) is 0 Å². The van der Waals surface area contributed by atoms with Crippen LogP contribution in [0.25, 0.3) is 0 Å². The van der Waals surface area contributed by atoms with E-state index in [1.165, 1.54) is 0 Å². The molecule has 1 atom stereocenters. The molecular formula is C8H14O4. The van der Waals surface area contributed by atoms with Crippen molar-refractivity contribution in [2.75, 3.05) is 19.8 Å². The van der Waals surface area contributed by atoms with Crippen molar-refractivity contribution in [3.63, 3.8) is 0 Å². The fourth-order valence-corrected chi connectivity index (χ4v) is 1.22. The highest BCUT2D eigenvalue weighted by atomic mass is 16.5. The van der Waals surface area contributed by atoms with Crippen LogP contribution in [-0.4, -0.2) is 37.0 Å². The first-order chi connectivity index (χ1) is 5.79. The van der Waals surface area contributed by atoms with Gasteiger partial charge in [0.1, 0.15) is 6.61 Å². The molecule has 0 bridgehead atoms. The van der Waals surface area contributed by atoms with Crippen LogP contribution in [0.2, 0.25) is 0 Å². The molecule has 0 aromatic rings. The smallest absolute Gasteiger partial charge is 0.329 e. The van der Waals surface area contributed by atoms with Crippen molar-refractivity contribution in [3.05, 3.63) is 0 Å². The molecule has 0 saturated carbocycles. The lowest BCUT2D eigenvalue weighted by Gasteiger charge is -2.21. The minimum atomic E-state index is -0.925. The van der Waals surface area contributed by atoms with E-state index in [1.54, 1.807) is 0 Å². The van der Waals surface area contributed by atoms with Crippen molar-refractivity contribution in [1.82, 2.24) is 0 Å². The summed E-state index contributed by atoms with van der Waals surface area (Å²) in [5, 5.41) is 8.28. The van der Waals surface area contributed by atoms with Gasteiger partial charge in [0.15, 0.2) is 0 Å². The van der Waals surface area contributed by atoms with Gasteiger partial charge in [0.05, 0.1) is 12.7 Å². The van der Waals surface area contributed by atoms with Gasteiger partial charge in [-0.15, -0.1) is 0 Å². The van der Waals surface area contributed by atoms with Crippen molar-refractivity contribution in [2.45, 2.75) is 25.4 Å². The number of carboxylic acids is 1. The van der Waals surface area contributed by atoms with Crippen molar-refractivity contribution < 1.29 is 19.4 Å². The molecule has 4 nitrogen and oxygen atoms in total. The number of ether oxygens (including phenoxy) is 2. The molecule has 1 heterocycles. The Morgan fingerprint density at radius 2 is 2.42 bits per heavy atom. The van der Waals surface area contributed by atoms with E-state index in [1.807, 2.05) is 0 Å². The fourth-order valence-electron chi connectivity index (χ4n) is 1.22. The monoisotopic (exact) mass is 174 g/mol. The van der Waals surface area contributed by atoms with Gasteiger partial charge in [-0.1, -0.05) is 0 Å². The van der Waals surface area contributed by atoms with Crippen LogP contribution in [0.3, 0.4) is 0 Å². The molecule has 0 spiro atoms. The normalized spacial score (nSPS) is 23.8. The van der Waals surface area contributed by atoms with Gasteiger partial charge >= 0.3 is 5.97 Å². The summed E-state index contributed by atoms with van der Waals surface area (Å²) >= 11 is 0. The Bertz CT molecular complexity index is 140. The number of carbonyl (C=O) groups is 1. The number of hydrogen-bond donors (Lipinski definition) is 1. The van der Waals surface area contributed by atoms with Gasteiger partial charge in [-0.2, -0.15) is 0 Å². The van der Waals surface area contributed by atoms with Crippen LogP contribution >= 0.6 is 0 Å². The molecule has 4 heteroatoms. The van der Waals surface area contributed by atoms with Gasteiger partial charge in [0.2, 0.25) is 0 Å². The maximum atomic E-state index is 10.1. The second kappa shape index (κ2) is 5.11. The third kappa shape index (κ3) is 3.69. The van der Waals surface area contributed by atoms with Gasteiger partial charge in [-0.05, 0) is 19.3 Å². The zero-order chi connectivity index (χ0) is 8.81. The molecule has 0 unspecified atom stereocenters. The quantitative estimate of drug-likeness (QED) is 0.680. The second-order valence-corrected chi connectivity index (χ2v) is 2.90. The summed E-state index contributed by atoms with van der Waals surface area (Å²) in [6.07, 6.45) is 3.36. The molecule has 1 fully saturated rings. The molecule has 1 N–H and O–H groups in total. The lowest BCUT2D eigenvalue weighted by Crippen LogP contribution is -2.25. The van der Waals surface area contributed by atoms with Crippen molar-refractivity contribution >= 4 is 5.97 Å². The van der Waals surface area contributed by atoms with E-state index in [9.17, 15) is 4.79 Å². The number of hydrogen-bond acceptors (Lipinski definition) is 3. The van der Waals surface area contributed by atoms with Crippen LogP contribution in [0, 0.1) is 0 Å². The number of rotatable bonds is 4. The Kier molecular flexibility index (Phi) is 4.04. The Morgan fingerprint density at radius 1 is 1.58 bits per heavy atom. The standard InChI is InChI=1S/C8H14O4/c9-8(10)6-11-5-7-3-1-2-4-12-7/h7H,1-6H2,(H,9,10)/t7-/m0/s1. The van der Waals surface area contributed by atoms with Crippen molar-refractivity contribution in [3.8, 4) is 0 Å². The van der Waals surface area contributed by atoms with Crippen LogP contribution in [0.1, 0.15) is 19.3 Å². The minimum absolute atomic E-state index is 0.109. The lowest BCUT2D eigenvalue weighted by atomic mass is 10.1. The first kappa shape index (κ1) is 9.48. The van der Waals surface area contributed by atoms with Crippen LogP contribution in [0.5, 0.6) is 0 Å². The van der Waals surface area contributed by atoms with Crippen LogP contribution in [0.15, 0.2) is 0 Å². The highest BCUT2D eigenvalue weighted by Gasteiger charge is 2.13. The minimum Gasteiger partial charge on any atom is -0.480 e. The first-order valence-electron chi connectivity index (χ1n) is 4.20. The maximum Gasteiger partial charge on any atom is 0.329 e. The fraction of sp³-hybridized carbons (Fsp3) is 0.875. The average Bonchev–Trinajstić information content (AvgIpc) is 2.05. The Hall–Kier alpha value is -0.610. The van der Waals surface area contributed by atoms with E-state index in [4.69, 9.17) is 14.6 Å². The maximum absolute atomic E-state index is 10.1. The summed E-state index contributed by atoms with van der Waals surface area (Å²) in [4.78, 5) is 10.1. The predicted molar refractivity (Wildman–Crippen MR) is 42.0 cm³/mol. The largest absolute Gasteiger partial charge is 0.480 e. The molecule has 1 saturated heterocycles. The Balaban J connectivity index is 2.01. The van der Waals surface area contributed by atoms with Crippen LogP contribution in [-0.2, 0) is 14.3 Å². The Morgan fingerprint density at radius 3 is 3.00 bits per heavy atom. The summed E-state index contributed by atoms with van der Waals surface area (Å²) in [6, 6.07) is 0. The third-order valence-corrected chi connectivity index (χ3v) is 1.80. The molecule has 70 valence electrons. The molecule has 1 rings (SSSR count). The predicted octanol–water partition coefficient (Wildman–Crippen LogP) is 0.657. The molecular weight excluding hydrogens is 160 g/mol. The molecule has 0 radical (unpaired) electrons. The lowest BCUT2D eigenvalue weighted by molar-refractivity contribution is -0.144. The average molecular weight is 174 g/mol. The molecule has 12 heavy (non-hydrogen) atoms. The van der Waals surface area contributed by atoms with E-state index >= 15 is 0 Å². The van der Waals surface area contributed by atoms with Gasteiger partial charge < -0.3 is 14.6 Å². The molecule has 1 aliphatic rings. The zero-order valence-electron chi connectivity index (χ0n) is 6.99. The van der Waals surface area contributed by atoms with Crippen LogP contribution in [0.4, 0.5) is 0 Å². The number of carboxylic acid groups (broad SMARTS) is 1. The molecule has 0 aromatic heterocycles. The second-order valence-electron chi connectivity index (χ2n) is 2.90. The summed E-state index contributed by atoms with van der Waals surface area (Å²) in [5.74, 6) is -0.925. The zero-order valence-corrected chi connectivity index (χ0v) is 6.99. The molecule has 0 aliphatic carbocycles. The SMILES string of the molecule is O=C(O)COC[C@@H]1CCCCO1. The third-order valence-electron chi connectivity index (χ3n) is 1.80. The topological polar surface area (TPSA) is 55.8 Å². The molecule has 0 aromatic carbocycles. The molecule has 0 amide bonds. The summed E-state index contributed by atoms with van der Waals surface area (Å²) in [6.45, 7) is 0.966. The van der Waals surface area contributed by atoms with E-state index in [-0.39, 0.29) is 12.7 Å². The van der Waals surface area contributed by atoms with Gasteiger partial charge in [0, 0.05) is 6.61 Å². The highest BCUT2D eigenvalue weighted by molar-refractivity contribution is 5.67. The number of aliphatic carboxylic acids is 1. The summed E-state index contributed by atoms with van der Waals surface area (Å²) in [7, 11) is 0. The van der Waals surface area contributed by atoms with E-state index in [2.05, 4.69) is 0 Å². The molecule has 1 aliphatic heterocycles. The first-order valence-corrected chi connectivity index (χ1v) is 4.20. The van der Waals surface area contributed by atoms with Gasteiger partial charge in [-0.3, -0.25) is 0 Å². The van der Waals surface area contributed by atoms with Crippen LogP contribution < -0.4 is 0 Å².